The Morgan fingerprint density at radius 2 is 2.00 bits per heavy atom. The summed E-state index contributed by atoms with van der Waals surface area (Å²) < 4.78 is 0. The van der Waals surface area contributed by atoms with Crippen LogP contribution in [0, 0.1) is 26.7 Å². The van der Waals surface area contributed by atoms with Crippen molar-refractivity contribution in [2.24, 2.45) is 5.92 Å². The van der Waals surface area contributed by atoms with Crippen LogP contribution in [0.3, 0.4) is 0 Å². The minimum Gasteiger partial charge on any atom is -0.391 e. The van der Waals surface area contributed by atoms with Crippen LogP contribution in [-0.2, 0) is 17.6 Å². The molecule has 1 aromatic carbocycles. The van der Waals surface area contributed by atoms with Crippen molar-refractivity contribution >= 4 is 5.91 Å². The number of hydrogen-bond donors (Lipinski definition) is 2. The van der Waals surface area contributed by atoms with Crippen LogP contribution in [0.15, 0.2) is 24.3 Å². The Hall–Kier alpha value is -2.14. The van der Waals surface area contributed by atoms with E-state index in [2.05, 4.69) is 41.4 Å². The highest BCUT2D eigenvalue weighted by Crippen LogP contribution is 2.23. The molecule has 2 heterocycles. The number of carbonyl (C=O) groups is 1. The number of aromatic amines is 1. The highest BCUT2D eigenvalue weighted by atomic mass is 16.3. The number of aryl methyl sites for hydroxylation is 3. The number of piperidine rings is 1. The number of nitrogens with one attached hydrogen (secondary N) is 1. The quantitative estimate of drug-likeness (QED) is 0.866. The Bertz CT molecular complexity index is 732. The van der Waals surface area contributed by atoms with E-state index >= 15 is 0 Å². The molecule has 0 spiro atoms. The van der Waals surface area contributed by atoms with Crippen molar-refractivity contribution in [2.75, 3.05) is 13.1 Å². The molecule has 1 fully saturated rings. The van der Waals surface area contributed by atoms with Crippen molar-refractivity contribution in [3.63, 3.8) is 0 Å². The third kappa shape index (κ3) is 4.33. The van der Waals surface area contributed by atoms with E-state index in [9.17, 15) is 9.90 Å². The summed E-state index contributed by atoms with van der Waals surface area (Å²) in [5.41, 5.74) is 5.63. The maximum atomic E-state index is 12.5. The predicted octanol–water partition coefficient (Wildman–Crippen LogP) is 2.72. The third-order valence-corrected chi connectivity index (χ3v) is 5.56. The first-order valence-corrected chi connectivity index (χ1v) is 9.46. The van der Waals surface area contributed by atoms with E-state index in [-0.39, 0.29) is 11.8 Å². The lowest BCUT2D eigenvalue weighted by Crippen LogP contribution is -2.47. The monoisotopic (exact) mass is 355 g/mol. The Morgan fingerprint density at radius 1 is 1.27 bits per heavy atom. The van der Waals surface area contributed by atoms with Gasteiger partial charge in [-0.05, 0) is 57.1 Å². The van der Waals surface area contributed by atoms with Gasteiger partial charge in [0.15, 0.2) is 0 Å². The first-order valence-electron chi connectivity index (χ1n) is 9.46. The molecule has 0 bridgehead atoms. The van der Waals surface area contributed by atoms with Crippen molar-refractivity contribution in [1.29, 1.82) is 0 Å². The minimum atomic E-state index is -0.452. The van der Waals surface area contributed by atoms with E-state index < -0.39 is 6.10 Å². The van der Waals surface area contributed by atoms with Gasteiger partial charge in [-0.3, -0.25) is 9.89 Å². The van der Waals surface area contributed by atoms with Gasteiger partial charge in [-0.15, -0.1) is 0 Å². The summed E-state index contributed by atoms with van der Waals surface area (Å²) in [6.45, 7) is 7.20. The molecule has 140 valence electrons. The van der Waals surface area contributed by atoms with Crippen LogP contribution < -0.4 is 0 Å². The second-order valence-corrected chi connectivity index (χ2v) is 7.56. The number of aromatic nitrogens is 2. The van der Waals surface area contributed by atoms with Crippen molar-refractivity contribution < 1.29 is 9.90 Å². The van der Waals surface area contributed by atoms with Crippen molar-refractivity contribution in [3.05, 3.63) is 52.3 Å². The zero-order chi connectivity index (χ0) is 18.7. The lowest BCUT2D eigenvalue weighted by Gasteiger charge is -2.36. The van der Waals surface area contributed by atoms with Crippen LogP contribution in [0.4, 0.5) is 0 Å². The first-order chi connectivity index (χ1) is 12.4. The topological polar surface area (TPSA) is 69.2 Å². The van der Waals surface area contributed by atoms with E-state index in [1.54, 1.807) is 0 Å². The van der Waals surface area contributed by atoms with Crippen molar-refractivity contribution in [1.82, 2.24) is 15.1 Å². The summed E-state index contributed by atoms with van der Waals surface area (Å²) in [6, 6.07) is 8.49. The first kappa shape index (κ1) is 18.6. The Balaban J connectivity index is 1.51. The highest BCUT2D eigenvalue weighted by Gasteiger charge is 2.30. The lowest BCUT2D eigenvalue weighted by atomic mass is 9.87. The lowest BCUT2D eigenvalue weighted by molar-refractivity contribution is -0.135. The summed E-state index contributed by atoms with van der Waals surface area (Å²) in [7, 11) is 0. The molecule has 1 aromatic heterocycles. The van der Waals surface area contributed by atoms with Crippen molar-refractivity contribution in [3.8, 4) is 0 Å². The van der Waals surface area contributed by atoms with Gasteiger partial charge in [-0.2, -0.15) is 5.10 Å². The molecule has 0 saturated carbocycles. The number of hydrogen-bond acceptors (Lipinski definition) is 3. The maximum absolute atomic E-state index is 12.5. The van der Waals surface area contributed by atoms with Crippen LogP contribution in [0.2, 0.25) is 0 Å². The zero-order valence-electron chi connectivity index (χ0n) is 16.0. The fourth-order valence-electron chi connectivity index (χ4n) is 3.80. The molecule has 1 amide bonds. The Kier molecular flexibility index (Phi) is 5.77. The summed E-state index contributed by atoms with van der Waals surface area (Å²) in [5, 5.41) is 17.7. The van der Waals surface area contributed by atoms with E-state index in [1.165, 1.54) is 11.1 Å². The zero-order valence-corrected chi connectivity index (χ0v) is 16.0. The van der Waals surface area contributed by atoms with E-state index in [4.69, 9.17) is 0 Å². The normalized spacial score (nSPS) is 20.4. The molecule has 26 heavy (non-hydrogen) atoms. The number of likely N-dealkylation sites (tertiary alicyclic amines) is 1. The number of nitrogens with zero attached hydrogens (tertiary/aromatic N) is 2. The molecule has 2 aromatic rings. The molecular weight excluding hydrogens is 326 g/mol. The molecule has 2 atom stereocenters. The van der Waals surface area contributed by atoms with Gasteiger partial charge in [0.1, 0.15) is 0 Å². The molecule has 0 unspecified atom stereocenters. The average molecular weight is 355 g/mol. The molecule has 5 heteroatoms. The number of carbonyl (C=O) groups excluding carboxylic acids is 1. The molecule has 0 radical (unpaired) electrons. The maximum Gasteiger partial charge on any atom is 0.222 e. The van der Waals surface area contributed by atoms with Gasteiger partial charge in [0.2, 0.25) is 5.91 Å². The van der Waals surface area contributed by atoms with Gasteiger partial charge in [0.05, 0.1) is 11.8 Å². The van der Waals surface area contributed by atoms with E-state index in [0.29, 0.717) is 19.4 Å². The van der Waals surface area contributed by atoms with Crippen LogP contribution in [0.25, 0.3) is 0 Å². The summed E-state index contributed by atoms with van der Waals surface area (Å²) in [6.07, 6.45) is 2.44. The van der Waals surface area contributed by atoms with Crippen LogP contribution in [0.1, 0.15) is 40.9 Å². The van der Waals surface area contributed by atoms with E-state index in [1.807, 2.05) is 18.7 Å². The smallest absolute Gasteiger partial charge is 0.222 e. The summed E-state index contributed by atoms with van der Waals surface area (Å²) >= 11 is 0. The number of β-amino-alcohol motifs (C(OH)–C–C–N with tert-alkyl or cyclic N) is 1. The summed E-state index contributed by atoms with van der Waals surface area (Å²) in [5.74, 6) is 0.345. The summed E-state index contributed by atoms with van der Waals surface area (Å²) in [4.78, 5) is 14.4. The predicted molar refractivity (Wildman–Crippen MR) is 102 cm³/mol. The second kappa shape index (κ2) is 8.04. The van der Waals surface area contributed by atoms with Gasteiger partial charge in [0, 0.05) is 25.2 Å². The minimum absolute atomic E-state index is 0.123. The molecule has 1 aliphatic rings. The highest BCUT2D eigenvalue weighted by molar-refractivity contribution is 5.76. The molecule has 5 nitrogen and oxygen atoms in total. The molecular formula is C21H29N3O2. The van der Waals surface area contributed by atoms with Gasteiger partial charge in [-0.25, -0.2) is 0 Å². The largest absolute Gasteiger partial charge is 0.391 e. The van der Waals surface area contributed by atoms with Gasteiger partial charge in [-0.1, -0.05) is 29.8 Å². The Morgan fingerprint density at radius 3 is 2.62 bits per heavy atom. The van der Waals surface area contributed by atoms with Crippen molar-refractivity contribution in [2.45, 2.75) is 52.6 Å². The molecule has 3 rings (SSSR count). The van der Waals surface area contributed by atoms with Crippen LogP contribution in [0.5, 0.6) is 0 Å². The number of H-pyrrole nitrogens is 1. The van der Waals surface area contributed by atoms with Gasteiger partial charge >= 0.3 is 0 Å². The van der Waals surface area contributed by atoms with Crippen LogP contribution >= 0.6 is 0 Å². The number of rotatable bonds is 5. The van der Waals surface area contributed by atoms with Gasteiger partial charge < -0.3 is 10.0 Å². The number of aliphatic hydroxyl groups is 1. The number of aliphatic hydroxyl groups excluding tert-OH is 1. The fourth-order valence-corrected chi connectivity index (χ4v) is 3.80. The van der Waals surface area contributed by atoms with Gasteiger partial charge in [0.25, 0.3) is 0 Å². The third-order valence-electron chi connectivity index (χ3n) is 5.56. The molecule has 2 N–H and O–H groups in total. The number of amides is 1. The molecule has 0 aliphatic carbocycles. The van der Waals surface area contributed by atoms with E-state index in [0.717, 1.165) is 36.3 Å². The Labute approximate surface area is 155 Å². The average Bonchev–Trinajstić information content (AvgIpc) is 2.94. The SMILES string of the molecule is Cc1ccc(C[C@H]2CCN(C(=O)CCc3c(C)n[nH]c3C)C[C@@H]2O)cc1. The van der Waals surface area contributed by atoms with Crippen LogP contribution in [-0.4, -0.2) is 45.3 Å². The number of benzene rings is 1. The fraction of sp³-hybridized carbons (Fsp3) is 0.524. The standard InChI is InChI=1S/C21H29N3O2/c1-14-4-6-17(7-5-14)12-18-10-11-24(13-20(18)25)21(26)9-8-19-15(2)22-23-16(19)3/h4-7,18,20,25H,8-13H2,1-3H3,(H,22,23)/t18-,20+/m1/s1. The molecule has 1 aliphatic heterocycles. The second-order valence-electron chi connectivity index (χ2n) is 7.56. The molecule has 1 saturated heterocycles.